The molecule has 0 radical (unpaired) electrons. The summed E-state index contributed by atoms with van der Waals surface area (Å²) in [5, 5.41) is 10.0. The topological polar surface area (TPSA) is 78.9 Å². The number of hydrogen-bond acceptors (Lipinski definition) is 5. The summed E-state index contributed by atoms with van der Waals surface area (Å²) in [7, 11) is 0. The van der Waals surface area contributed by atoms with Gasteiger partial charge in [-0.2, -0.15) is 4.98 Å². The predicted octanol–water partition coefficient (Wildman–Crippen LogP) is 6.28. The second kappa shape index (κ2) is 8.92. The number of anilines is 5. The van der Waals surface area contributed by atoms with Crippen molar-refractivity contribution in [1.82, 2.24) is 9.97 Å². The van der Waals surface area contributed by atoms with E-state index in [9.17, 15) is 4.79 Å². The van der Waals surface area contributed by atoms with Gasteiger partial charge in [0.15, 0.2) is 5.82 Å². The zero-order valence-corrected chi connectivity index (χ0v) is 18.8. The van der Waals surface area contributed by atoms with E-state index >= 15 is 0 Å². The van der Waals surface area contributed by atoms with E-state index < -0.39 is 0 Å². The first-order chi connectivity index (χ1) is 16.0. The molecule has 164 valence electrons. The lowest BCUT2D eigenvalue weighted by Crippen LogP contribution is -2.13. The molecule has 6 bridgehead atoms. The van der Waals surface area contributed by atoms with Gasteiger partial charge in [0.25, 0.3) is 5.91 Å². The Balaban J connectivity index is 1.51. The van der Waals surface area contributed by atoms with Crippen molar-refractivity contribution in [2.45, 2.75) is 19.8 Å². The summed E-state index contributed by atoms with van der Waals surface area (Å²) in [5.41, 5.74) is 6.44. The number of halogens is 1. The number of nitrogens with zero attached hydrogens (tertiary/aromatic N) is 2. The molecular weight excluding hydrogens is 434 g/mol. The molecule has 0 saturated heterocycles. The summed E-state index contributed by atoms with van der Waals surface area (Å²) in [6.45, 7) is 2.00. The quantitative estimate of drug-likeness (QED) is 0.331. The van der Waals surface area contributed by atoms with Gasteiger partial charge in [-0.05, 0) is 73.4 Å². The molecule has 0 saturated carbocycles. The van der Waals surface area contributed by atoms with Gasteiger partial charge in [0.1, 0.15) is 5.02 Å². The molecule has 1 aliphatic rings. The van der Waals surface area contributed by atoms with Gasteiger partial charge in [0, 0.05) is 22.6 Å². The van der Waals surface area contributed by atoms with Crippen LogP contribution in [0, 0.1) is 6.92 Å². The molecule has 6 nitrogen and oxygen atoms in total. The van der Waals surface area contributed by atoms with Crippen LogP contribution in [0.2, 0.25) is 5.02 Å². The molecule has 7 heteroatoms. The third-order valence-electron chi connectivity index (χ3n) is 5.54. The van der Waals surface area contributed by atoms with Crippen molar-refractivity contribution in [3.05, 3.63) is 100 Å². The molecule has 1 aromatic heterocycles. The standard InChI is InChI=1S/C26H22ClN5O/c1-16-5-8-18(9-6-16)25(33)31-23-12-11-21-14-19(23)10-7-17-3-2-4-20(13-17)30-26-28-15-22(27)24(29-21)32-26/h2-6,8-9,11-15H,7,10H2,1H3,(H,31,33)(H2,28,29,30,32). The number of aromatic nitrogens is 2. The molecular formula is C26H22ClN5O. The van der Waals surface area contributed by atoms with Gasteiger partial charge in [0.2, 0.25) is 5.95 Å². The van der Waals surface area contributed by atoms with Gasteiger partial charge in [-0.15, -0.1) is 0 Å². The Morgan fingerprint density at radius 1 is 0.970 bits per heavy atom. The molecule has 3 N–H and O–H groups in total. The minimum absolute atomic E-state index is 0.135. The van der Waals surface area contributed by atoms with Crippen molar-refractivity contribution in [1.29, 1.82) is 0 Å². The number of benzene rings is 3. The monoisotopic (exact) mass is 455 g/mol. The van der Waals surface area contributed by atoms with Crippen LogP contribution in [0.15, 0.2) is 72.9 Å². The molecule has 33 heavy (non-hydrogen) atoms. The number of amides is 1. The summed E-state index contributed by atoms with van der Waals surface area (Å²) in [5.74, 6) is 0.831. The molecule has 1 aliphatic heterocycles. The Morgan fingerprint density at radius 2 is 1.79 bits per heavy atom. The molecule has 1 amide bonds. The fourth-order valence-corrected chi connectivity index (χ4v) is 3.90. The lowest BCUT2D eigenvalue weighted by Gasteiger charge is -2.15. The highest BCUT2D eigenvalue weighted by Gasteiger charge is 2.13. The summed E-state index contributed by atoms with van der Waals surface area (Å²) < 4.78 is 0. The van der Waals surface area contributed by atoms with Gasteiger partial charge in [-0.25, -0.2) is 4.98 Å². The van der Waals surface area contributed by atoms with Gasteiger partial charge >= 0.3 is 0 Å². The van der Waals surface area contributed by atoms with Crippen molar-refractivity contribution in [2.75, 3.05) is 16.0 Å². The molecule has 3 aromatic carbocycles. The van der Waals surface area contributed by atoms with Crippen molar-refractivity contribution >= 4 is 46.3 Å². The Kier molecular flexibility index (Phi) is 5.67. The van der Waals surface area contributed by atoms with Crippen LogP contribution in [0.25, 0.3) is 0 Å². The van der Waals surface area contributed by atoms with Crippen LogP contribution in [0.4, 0.5) is 28.8 Å². The number of rotatable bonds is 2. The molecule has 4 aromatic rings. The van der Waals surface area contributed by atoms with E-state index in [4.69, 9.17) is 11.6 Å². The highest BCUT2D eigenvalue weighted by molar-refractivity contribution is 6.32. The Bertz CT molecular complexity index is 1340. The van der Waals surface area contributed by atoms with Gasteiger partial charge in [-0.3, -0.25) is 4.79 Å². The van der Waals surface area contributed by atoms with E-state index in [1.165, 1.54) is 5.56 Å². The maximum atomic E-state index is 12.9. The maximum absolute atomic E-state index is 12.9. The van der Waals surface area contributed by atoms with Crippen molar-refractivity contribution in [2.24, 2.45) is 0 Å². The summed E-state index contributed by atoms with van der Waals surface area (Å²) in [4.78, 5) is 21.7. The van der Waals surface area contributed by atoms with Gasteiger partial charge in [-0.1, -0.05) is 41.4 Å². The lowest BCUT2D eigenvalue weighted by molar-refractivity contribution is 0.102. The maximum Gasteiger partial charge on any atom is 0.255 e. The van der Waals surface area contributed by atoms with Crippen LogP contribution in [-0.4, -0.2) is 15.9 Å². The normalized spacial score (nSPS) is 12.3. The smallest absolute Gasteiger partial charge is 0.255 e. The first-order valence-electron chi connectivity index (χ1n) is 10.7. The largest absolute Gasteiger partial charge is 0.339 e. The molecule has 5 rings (SSSR count). The first-order valence-corrected chi connectivity index (χ1v) is 11.1. The van der Waals surface area contributed by atoms with Crippen LogP contribution < -0.4 is 16.0 Å². The third kappa shape index (κ3) is 4.81. The lowest BCUT2D eigenvalue weighted by atomic mass is 10.0. The highest BCUT2D eigenvalue weighted by Crippen LogP contribution is 2.29. The number of hydrogen-bond donors (Lipinski definition) is 3. The van der Waals surface area contributed by atoms with Gasteiger partial charge < -0.3 is 16.0 Å². The molecule has 0 spiro atoms. The van der Waals surface area contributed by atoms with E-state index in [-0.39, 0.29) is 5.91 Å². The number of fused-ring (bicyclic) bond motifs is 6. The minimum Gasteiger partial charge on any atom is -0.339 e. The zero-order valence-electron chi connectivity index (χ0n) is 18.0. The van der Waals surface area contributed by atoms with E-state index in [0.717, 1.165) is 41.0 Å². The van der Waals surface area contributed by atoms with Crippen molar-refractivity contribution in [3.63, 3.8) is 0 Å². The summed E-state index contributed by atoms with van der Waals surface area (Å²) >= 11 is 6.34. The van der Waals surface area contributed by atoms with Crippen LogP contribution in [0.1, 0.15) is 27.0 Å². The Hall–Kier alpha value is -3.90. The van der Waals surface area contributed by atoms with E-state index in [1.54, 1.807) is 6.20 Å². The average molecular weight is 456 g/mol. The number of carbonyl (C=O) groups excluding carboxylic acids is 1. The molecule has 0 aliphatic carbocycles. The van der Waals surface area contributed by atoms with Crippen LogP contribution in [-0.2, 0) is 12.8 Å². The first kappa shape index (κ1) is 21.0. The summed E-state index contributed by atoms with van der Waals surface area (Å²) in [6, 6.07) is 21.5. The average Bonchev–Trinajstić information content (AvgIpc) is 2.82. The van der Waals surface area contributed by atoms with Crippen LogP contribution in [0.3, 0.4) is 0 Å². The van der Waals surface area contributed by atoms with Crippen LogP contribution in [0.5, 0.6) is 0 Å². The number of nitrogens with one attached hydrogen (secondary N) is 3. The fraction of sp³-hybridized carbons (Fsp3) is 0.115. The molecule has 0 fully saturated rings. The third-order valence-corrected chi connectivity index (χ3v) is 5.82. The second-order valence-electron chi connectivity index (χ2n) is 8.03. The second-order valence-corrected chi connectivity index (χ2v) is 8.44. The minimum atomic E-state index is -0.135. The van der Waals surface area contributed by atoms with E-state index in [0.29, 0.717) is 22.4 Å². The molecule has 0 atom stereocenters. The molecule has 0 unspecified atom stereocenters. The zero-order chi connectivity index (χ0) is 22.8. The predicted molar refractivity (Wildman–Crippen MR) is 133 cm³/mol. The highest BCUT2D eigenvalue weighted by atomic mass is 35.5. The Labute approximate surface area is 197 Å². The van der Waals surface area contributed by atoms with E-state index in [1.807, 2.05) is 61.5 Å². The number of carbonyl (C=O) groups is 1. The van der Waals surface area contributed by atoms with Crippen LogP contribution >= 0.6 is 11.6 Å². The number of aryl methyl sites for hydroxylation is 3. The summed E-state index contributed by atoms with van der Waals surface area (Å²) in [6.07, 6.45) is 3.13. The van der Waals surface area contributed by atoms with Crippen molar-refractivity contribution in [3.8, 4) is 0 Å². The fourth-order valence-electron chi connectivity index (χ4n) is 3.76. The van der Waals surface area contributed by atoms with E-state index in [2.05, 4.69) is 38.1 Å². The van der Waals surface area contributed by atoms with Crippen molar-refractivity contribution < 1.29 is 4.79 Å². The SMILES string of the molecule is Cc1ccc(C(=O)Nc2ccc3cc2CCc2cccc(c2)Nc2ncc(Cl)c(n2)N3)cc1. The molecule has 2 heterocycles. The Morgan fingerprint density at radius 3 is 2.64 bits per heavy atom. The van der Waals surface area contributed by atoms with Gasteiger partial charge in [0.05, 0.1) is 6.20 Å².